The van der Waals surface area contributed by atoms with Gasteiger partial charge in [-0.2, -0.15) is 5.10 Å². The molecule has 1 aliphatic rings. The van der Waals surface area contributed by atoms with E-state index in [-0.39, 0.29) is 6.54 Å². The maximum Gasteiger partial charge on any atom is 0.257 e. The predicted octanol–water partition coefficient (Wildman–Crippen LogP) is 2.89. The maximum absolute atomic E-state index is 12.1. The lowest BCUT2D eigenvalue weighted by Gasteiger charge is -2.22. The molecule has 2 rings (SSSR count). The largest absolute Gasteiger partial charge is 0.380 e. The zero-order valence-electron chi connectivity index (χ0n) is 9.20. The van der Waals surface area contributed by atoms with Crippen LogP contribution in [-0.4, -0.2) is 22.2 Å². The van der Waals surface area contributed by atoms with Crippen LogP contribution in [0.4, 0.5) is 14.5 Å². The van der Waals surface area contributed by atoms with Crippen molar-refractivity contribution in [1.82, 2.24) is 9.78 Å². The van der Waals surface area contributed by atoms with E-state index >= 15 is 0 Å². The summed E-state index contributed by atoms with van der Waals surface area (Å²) in [4.78, 5) is 0. The molecule has 3 nitrogen and oxygen atoms in total. The number of rotatable bonds is 4. The highest BCUT2D eigenvalue weighted by Gasteiger charge is 2.14. The molecule has 1 aliphatic carbocycles. The Labute approximate surface area is 93.8 Å². The van der Waals surface area contributed by atoms with E-state index in [0.717, 1.165) is 5.69 Å². The molecule has 1 heterocycles. The van der Waals surface area contributed by atoms with E-state index in [4.69, 9.17) is 0 Å². The number of halogens is 2. The SMILES string of the molecule is FC(F)Cn1cc(NC2CCCCC2)cn1. The van der Waals surface area contributed by atoms with Gasteiger partial charge >= 0.3 is 0 Å². The van der Waals surface area contributed by atoms with Crippen LogP contribution >= 0.6 is 0 Å². The number of hydrogen-bond donors (Lipinski definition) is 1. The molecule has 1 aromatic heterocycles. The van der Waals surface area contributed by atoms with Gasteiger partial charge in [0, 0.05) is 12.2 Å². The predicted molar refractivity (Wildman–Crippen MR) is 58.7 cm³/mol. The second-order valence-electron chi connectivity index (χ2n) is 4.32. The Bertz CT molecular complexity index is 319. The molecule has 1 saturated carbocycles. The average Bonchev–Trinajstić information content (AvgIpc) is 2.66. The van der Waals surface area contributed by atoms with Gasteiger partial charge in [-0.25, -0.2) is 8.78 Å². The Morgan fingerprint density at radius 3 is 2.81 bits per heavy atom. The van der Waals surface area contributed by atoms with Crippen LogP contribution in [-0.2, 0) is 6.54 Å². The second kappa shape index (κ2) is 5.27. The van der Waals surface area contributed by atoms with E-state index in [1.54, 1.807) is 12.4 Å². The summed E-state index contributed by atoms with van der Waals surface area (Å²) in [5.41, 5.74) is 0.854. The van der Waals surface area contributed by atoms with Gasteiger partial charge in [0.15, 0.2) is 0 Å². The normalized spacial score (nSPS) is 17.9. The van der Waals surface area contributed by atoms with Gasteiger partial charge in [0.1, 0.15) is 6.54 Å². The van der Waals surface area contributed by atoms with E-state index in [1.807, 2.05) is 0 Å². The summed E-state index contributed by atoms with van der Waals surface area (Å²) in [6.45, 7) is -0.327. The van der Waals surface area contributed by atoms with Crippen molar-refractivity contribution >= 4 is 5.69 Å². The fourth-order valence-corrected chi connectivity index (χ4v) is 2.16. The number of alkyl halides is 2. The molecule has 1 aromatic rings. The number of nitrogens with zero attached hydrogens (tertiary/aromatic N) is 2. The average molecular weight is 229 g/mol. The van der Waals surface area contributed by atoms with Crippen LogP contribution in [0, 0.1) is 0 Å². The highest BCUT2D eigenvalue weighted by molar-refractivity contribution is 5.39. The van der Waals surface area contributed by atoms with Crippen LogP contribution in [0.25, 0.3) is 0 Å². The third-order valence-corrected chi connectivity index (χ3v) is 2.93. The van der Waals surface area contributed by atoms with E-state index < -0.39 is 6.43 Å². The minimum Gasteiger partial charge on any atom is -0.380 e. The number of aromatic nitrogens is 2. The third-order valence-electron chi connectivity index (χ3n) is 2.93. The smallest absolute Gasteiger partial charge is 0.257 e. The molecule has 0 amide bonds. The first kappa shape index (κ1) is 11.4. The molecule has 16 heavy (non-hydrogen) atoms. The van der Waals surface area contributed by atoms with Crippen LogP contribution in [0.3, 0.4) is 0 Å². The van der Waals surface area contributed by atoms with E-state index in [1.165, 1.54) is 36.8 Å². The molecule has 0 atom stereocenters. The Hall–Kier alpha value is -1.13. The van der Waals surface area contributed by atoms with Crippen LogP contribution in [0.1, 0.15) is 32.1 Å². The molecule has 0 radical (unpaired) electrons. The van der Waals surface area contributed by atoms with Gasteiger partial charge in [0.25, 0.3) is 6.43 Å². The molecule has 90 valence electrons. The summed E-state index contributed by atoms with van der Waals surface area (Å²) in [5.74, 6) is 0. The highest BCUT2D eigenvalue weighted by atomic mass is 19.3. The Morgan fingerprint density at radius 1 is 1.38 bits per heavy atom. The van der Waals surface area contributed by atoms with Crippen molar-refractivity contribution in [2.75, 3.05) is 5.32 Å². The Kier molecular flexibility index (Phi) is 3.74. The summed E-state index contributed by atoms with van der Waals surface area (Å²) in [6.07, 6.45) is 7.08. The topological polar surface area (TPSA) is 29.9 Å². The van der Waals surface area contributed by atoms with Crippen molar-refractivity contribution in [1.29, 1.82) is 0 Å². The molecule has 1 N–H and O–H groups in total. The molecule has 5 heteroatoms. The number of hydrogen-bond acceptors (Lipinski definition) is 2. The molecule has 0 aliphatic heterocycles. The molecule has 0 spiro atoms. The quantitative estimate of drug-likeness (QED) is 0.860. The first-order valence-corrected chi connectivity index (χ1v) is 5.81. The summed E-state index contributed by atoms with van der Waals surface area (Å²) in [5, 5.41) is 7.24. The van der Waals surface area contributed by atoms with Crippen LogP contribution in [0.5, 0.6) is 0 Å². The van der Waals surface area contributed by atoms with Crippen molar-refractivity contribution in [3.63, 3.8) is 0 Å². The molecular weight excluding hydrogens is 212 g/mol. The van der Waals surface area contributed by atoms with Crippen LogP contribution in [0.15, 0.2) is 12.4 Å². The molecule has 0 saturated heterocycles. The first-order valence-electron chi connectivity index (χ1n) is 5.81. The van der Waals surface area contributed by atoms with Crippen molar-refractivity contribution in [3.05, 3.63) is 12.4 Å². The first-order chi connectivity index (χ1) is 7.74. The zero-order valence-corrected chi connectivity index (χ0v) is 9.20. The molecular formula is C11H17F2N3. The third kappa shape index (κ3) is 3.18. The zero-order chi connectivity index (χ0) is 11.4. The standard InChI is InChI=1S/C11H17F2N3/c12-11(13)8-16-7-10(6-14-16)15-9-4-2-1-3-5-9/h6-7,9,11,15H,1-5,8H2. The summed E-state index contributed by atoms with van der Waals surface area (Å²) in [7, 11) is 0. The molecule has 0 unspecified atom stereocenters. The fourth-order valence-electron chi connectivity index (χ4n) is 2.16. The molecule has 0 aromatic carbocycles. The van der Waals surface area contributed by atoms with Crippen molar-refractivity contribution in [2.45, 2.75) is 51.1 Å². The second-order valence-corrected chi connectivity index (χ2v) is 4.32. The van der Waals surface area contributed by atoms with Gasteiger partial charge in [-0.15, -0.1) is 0 Å². The van der Waals surface area contributed by atoms with Gasteiger partial charge in [0.2, 0.25) is 0 Å². The molecule has 0 bridgehead atoms. The van der Waals surface area contributed by atoms with Crippen molar-refractivity contribution in [2.24, 2.45) is 0 Å². The summed E-state index contributed by atoms with van der Waals surface area (Å²) >= 11 is 0. The van der Waals surface area contributed by atoms with Gasteiger partial charge in [-0.05, 0) is 12.8 Å². The Morgan fingerprint density at radius 2 is 2.12 bits per heavy atom. The lowest BCUT2D eigenvalue weighted by molar-refractivity contribution is 0.122. The highest BCUT2D eigenvalue weighted by Crippen LogP contribution is 2.21. The fraction of sp³-hybridized carbons (Fsp3) is 0.727. The lowest BCUT2D eigenvalue weighted by Crippen LogP contribution is -2.21. The minimum absolute atomic E-state index is 0.327. The van der Waals surface area contributed by atoms with E-state index in [2.05, 4.69) is 10.4 Å². The minimum atomic E-state index is -2.34. The van der Waals surface area contributed by atoms with Gasteiger partial charge in [0.05, 0.1) is 11.9 Å². The maximum atomic E-state index is 12.1. The van der Waals surface area contributed by atoms with Gasteiger partial charge in [-0.1, -0.05) is 19.3 Å². The van der Waals surface area contributed by atoms with Gasteiger partial charge < -0.3 is 5.32 Å². The molecule has 1 fully saturated rings. The Balaban J connectivity index is 1.86. The summed E-state index contributed by atoms with van der Waals surface area (Å²) in [6, 6.07) is 0.484. The number of anilines is 1. The van der Waals surface area contributed by atoms with Crippen LogP contribution in [0.2, 0.25) is 0 Å². The van der Waals surface area contributed by atoms with Gasteiger partial charge in [-0.3, -0.25) is 4.68 Å². The van der Waals surface area contributed by atoms with Crippen molar-refractivity contribution < 1.29 is 8.78 Å². The van der Waals surface area contributed by atoms with E-state index in [9.17, 15) is 8.78 Å². The van der Waals surface area contributed by atoms with Crippen molar-refractivity contribution in [3.8, 4) is 0 Å². The van der Waals surface area contributed by atoms with E-state index in [0.29, 0.717) is 6.04 Å². The number of nitrogens with one attached hydrogen (secondary N) is 1. The lowest BCUT2D eigenvalue weighted by atomic mass is 9.95. The summed E-state index contributed by atoms with van der Waals surface area (Å²) < 4.78 is 25.5. The van der Waals surface area contributed by atoms with Crippen LogP contribution < -0.4 is 5.32 Å². The monoisotopic (exact) mass is 229 g/mol.